The van der Waals surface area contributed by atoms with Crippen LogP contribution in [0.3, 0.4) is 0 Å². The number of carbonyl (C=O) groups excluding carboxylic acids is 1. The second kappa shape index (κ2) is 8.75. The fourth-order valence-corrected chi connectivity index (χ4v) is 5.24. The Hall–Kier alpha value is -3.41. The summed E-state index contributed by atoms with van der Waals surface area (Å²) in [6.45, 7) is 0. The molecule has 0 radical (unpaired) electrons. The summed E-state index contributed by atoms with van der Waals surface area (Å²) < 4.78 is 3.05. The van der Waals surface area contributed by atoms with Crippen LogP contribution in [0.5, 0.6) is 0 Å². The molecular weight excluding hydrogens is 503 g/mol. The van der Waals surface area contributed by atoms with Gasteiger partial charge in [-0.3, -0.25) is 24.3 Å². The van der Waals surface area contributed by atoms with Gasteiger partial charge in [0, 0.05) is 29.0 Å². The third-order valence-corrected chi connectivity index (χ3v) is 6.92. The molecule has 4 aromatic rings. The quantitative estimate of drug-likeness (QED) is 0.235. The number of nitrogens with zero attached hydrogens (tertiary/aromatic N) is 5. The predicted molar refractivity (Wildman–Crippen MR) is 129 cm³/mol. The van der Waals surface area contributed by atoms with Gasteiger partial charge in [-0.25, -0.2) is 9.67 Å². The maximum atomic E-state index is 13.2. The minimum atomic E-state index is -0.623. The zero-order valence-corrected chi connectivity index (χ0v) is 19.5. The number of nitrogens with one attached hydrogen (secondary N) is 1. The number of nitro groups is 1. The molecule has 0 aliphatic carbocycles. The summed E-state index contributed by atoms with van der Waals surface area (Å²) in [7, 11) is 0. The van der Waals surface area contributed by atoms with Crippen molar-refractivity contribution in [3.63, 3.8) is 0 Å². The fourth-order valence-electron chi connectivity index (χ4n) is 3.73. The van der Waals surface area contributed by atoms with Crippen LogP contribution >= 0.6 is 35.0 Å². The van der Waals surface area contributed by atoms with E-state index in [-0.39, 0.29) is 28.4 Å². The van der Waals surface area contributed by atoms with Gasteiger partial charge in [-0.1, -0.05) is 41.0 Å². The molecule has 0 bridgehead atoms. The van der Waals surface area contributed by atoms with E-state index < -0.39 is 16.9 Å². The number of benzene rings is 2. The largest absolute Gasteiger partial charge is 0.326 e. The molecule has 1 amide bonds. The van der Waals surface area contributed by atoms with Crippen molar-refractivity contribution in [2.24, 2.45) is 0 Å². The summed E-state index contributed by atoms with van der Waals surface area (Å²) in [5, 5.41) is 19.3. The van der Waals surface area contributed by atoms with Gasteiger partial charge >= 0.3 is 0 Å². The van der Waals surface area contributed by atoms with Gasteiger partial charge in [-0.05, 0) is 30.3 Å². The molecule has 10 nitrogen and oxygen atoms in total. The number of thioether (sulfide) groups is 1. The Bertz CT molecular complexity index is 1540. The molecule has 1 aliphatic rings. The van der Waals surface area contributed by atoms with Gasteiger partial charge in [0.1, 0.15) is 10.4 Å². The van der Waals surface area contributed by atoms with E-state index in [1.54, 1.807) is 22.9 Å². The molecule has 13 heteroatoms. The van der Waals surface area contributed by atoms with Crippen LogP contribution in [0.1, 0.15) is 12.5 Å². The third kappa shape index (κ3) is 4.02. The minimum absolute atomic E-state index is 0.00799. The number of fused-ring (bicyclic) bond motifs is 2. The van der Waals surface area contributed by atoms with Gasteiger partial charge in [0.25, 0.3) is 11.2 Å². The van der Waals surface area contributed by atoms with E-state index >= 15 is 0 Å². The van der Waals surface area contributed by atoms with Crippen LogP contribution in [0.25, 0.3) is 16.7 Å². The van der Waals surface area contributed by atoms with Crippen LogP contribution in [-0.2, 0) is 4.79 Å². The normalized spacial score (nSPS) is 14.8. The molecule has 1 unspecified atom stereocenters. The summed E-state index contributed by atoms with van der Waals surface area (Å²) in [4.78, 5) is 41.0. The second-order valence-electron chi connectivity index (χ2n) is 7.48. The van der Waals surface area contributed by atoms with Crippen molar-refractivity contribution in [2.45, 2.75) is 17.6 Å². The molecule has 1 aliphatic heterocycles. The van der Waals surface area contributed by atoms with Gasteiger partial charge in [0.15, 0.2) is 10.8 Å². The molecule has 3 heterocycles. The van der Waals surface area contributed by atoms with E-state index in [2.05, 4.69) is 15.4 Å². The van der Waals surface area contributed by atoms with Crippen LogP contribution in [0.4, 0.5) is 11.4 Å². The number of nitro benzene ring substituents is 1. The maximum Gasteiger partial charge on any atom is 0.289 e. The van der Waals surface area contributed by atoms with Crippen molar-refractivity contribution >= 4 is 63.3 Å². The number of aromatic nitrogens is 4. The first-order valence-electron chi connectivity index (χ1n) is 9.94. The average Bonchev–Trinajstić information content (AvgIpc) is 3.40. The van der Waals surface area contributed by atoms with Crippen LogP contribution in [-0.4, -0.2) is 35.9 Å². The lowest BCUT2D eigenvalue weighted by molar-refractivity contribution is -0.384. The maximum absolute atomic E-state index is 13.2. The first-order chi connectivity index (χ1) is 16.3. The monoisotopic (exact) mass is 516 g/mol. The Balaban J connectivity index is 1.42. The number of carbonyl (C=O) groups is 1. The van der Waals surface area contributed by atoms with E-state index in [0.717, 1.165) is 0 Å². The molecule has 0 spiro atoms. The van der Waals surface area contributed by atoms with Gasteiger partial charge in [0.05, 0.1) is 22.8 Å². The molecule has 1 atom stereocenters. The first kappa shape index (κ1) is 22.4. The molecule has 2 aromatic heterocycles. The van der Waals surface area contributed by atoms with E-state index in [1.165, 1.54) is 40.7 Å². The third-order valence-electron chi connectivity index (χ3n) is 5.27. The summed E-state index contributed by atoms with van der Waals surface area (Å²) in [5.41, 5.74) is 0.731. The molecule has 0 saturated carbocycles. The highest BCUT2D eigenvalue weighted by Gasteiger charge is 2.30. The SMILES string of the molecule is O=C(CC1CSc2nc3c(cnn3-c3cccc(Cl)c3)c(=O)n21)Nc1ccc(Cl)c([N+](=O)[O-])c1. The highest BCUT2D eigenvalue weighted by Crippen LogP contribution is 2.34. The minimum Gasteiger partial charge on any atom is -0.326 e. The second-order valence-corrected chi connectivity index (χ2v) is 9.31. The molecule has 172 valence electrons. The van der Waals surface area contributed by atoms with Crippen molar-refractivity contribution in [3.8, 4) is 5.69 Å². The highest BCUT2D eigenvalue weighted by atomic mass is 35.5. The number of anilines is 1. The molecule has 0 saturated heterocycles. The fraction of sp³-hybridized carbons (Fsp3) is 0.143. The summed E-state index contributed by atoms with van der Waals surface area (Å²) in [6.07, 6.45) is 1.44. The molecular formula is C21H14Cl2N6O4S. The molecule has 2 aromatic carbocycles. The van der Waals surface area contributed by atoms with Gasteiger partial charge in [-0.15, -0.1) is 0 Å². The summed E-state index contributed by atoms with van der Waals surface area (Å²) in [6, 6.07) is 10.6. The van der Waals surface area contributed by atoms with Crippen molar-refractivity contribution in [1.29, 1.82) is 0 Å². The number of hydrogen-bond acceptors (Lipinski definition) is 7. The first-order valence-corrected chi connectivity index (χ1v) is 11.7. The Labute approximate surface area is 205 Å². The topological polar surface area (TPSA) is 125 Å². The molecule has 5 rings (SSSR count). The van der Waals surface area contributed by atoms with Crippen LogP contribution in [0.15, 0.2) is 58.6 Å². The predicted octanol–water partition coefficient (Wildman–Crippen LogP) is 4.47. The molecule has 1 N–H and O–H groups in total. The van der Waals surface area contributed by atoms with Gasteiger partial charge in [0.2, 0.25) is 5.91 Å². The Morgan fingerprint density at radius 2 is 2.09 bits per heavy atom. The average molecular weight is 517 g/mol. The lowest BCUT2D eigenvalue weighted by Gasteiger charge is -2.13. The Kier molecular flexibility index (Phi) is 5.76. The Morgan fingerprint density at radius 3 is 2.85 bits per heavy atom. The Morgan fingerprint density at radius 1 is 1.26 bits per heavy atom. The van der Waals surface area contributed by atoms with Crippen molar-refractivity contribution in [2.75, 3.05) is 11.1 Å². The van der Waals surface area contributed by atoms with E-state index in [9.17, 15) is 19.7 Å². The number of amides is 1. The van der Waals surface area contributed by atoms with Crippen molar-refractivity contribution in [3.05, 3.63) is 79.2 Å². The number of hydrogen-bond donors (Lipinski definition) is 1. The molecule has 34 heavy (non-hydrogen) atoms. The zero-order valence-electron chi connectivity index (χ0n) is 17.1. The van der Waals surface area contributed by atoms with Gasteiger partial charge < -0.3 is 5.32 Å². The van der Waals surface area contributed by atoms with Crippen molar-refractivity contribution < 1.29 is 9.72 Å². The lowest BCUT2D eigenvalue weighted by Crippen LogP contribution is -2.27. The lowest BCUT2D eigenvalue weighted by atomic mass is 10.2. The molecule has 0 fully saturated rings. The number of halogens is 2. The van der Waals surface area contributed by atoms with Crippen molar-refractivity contribution in [1.82, 2.24) is 19.3 Å². The van der Waals surface area contributed by atoms with E-state index in [0.29, 0.717) is 32.7 Å². The highest BCUT2D eigenvalue weighted by molar-refractivity contribution is 7.99. The standard InChI is InChI=1S/C21H14Cl2N6O4S/c22-11-2-1-3-13(6-11)28-19-15(9-24-28)20(31)27-14(10-34-21(27)26-19)8-18(30)25-12-4-5-16(23)17(7-12)29(32)33/h1-7,9,14H,8,10H2,(H,25,30). The smallest absolute Gasteiger partial charge is 0.289 e. The van der Waals surface area contributed by atoms with Crippen LogP contribution in [0, 0.1) is 10.1 Å². The van der Waals surface area contributed by atoms with Gasteiger partial charge in [-0.2, -0.15) is 5.10 Å². The van der Waals surface area contributed by atoms with E-state index in [4.69, 9.17) is 23.2 Å². The van der Waals surface area contributed by atoms with Crippen LogP contribution in [0.2, 0.25) is 10.0 Å². The number of rotatable bonds is 5. The summed E-state index contributed by atoms with van der Waals surface area (Å²) in [5.74, 6) is 0.0878. The van der Waals surface area contributed by atoms with Crippen LogP contribution < -0.4 is 10.9 Å². The zero-order chi connectivity index (χ0) is 24.0. The van der Waals surface area contributed by atoms with E-state index in [1.807, 2.05) is 6.07 Å². The summed E-state index contributed by atoms with van der Waals surface area (Å²) >= 11 is 13.3.